The highest BCUT2D eigenvalue weighted by atomic mass is 35.5. The van der Waals surface area contributed by atoms with Crippen molar-refractivity contribution < 1.29 is 22.7 Å². The minimum atomic E-state index is -3.85. The second kappa shape index (κ2) is 8.39. The minimum Gasteiger partial charge on any atom is -0.493 e. The first-order valence-electron chi connectivity index (χ1n) is 7.57. The lowest BCUT2D eigenvalue weighted by molar-refractivity contribution is -0.117. The van der Waals surface area contributed by atoms with Gasteiger partial charge in [-0.05, 0) is 43.3 Å². The molecule has 2 rings (SSSR count). The number of carbonyl (C=O) groups is 1. The van der Waals surface area contributed by atoms with Crippen molar-refractivity contribution in [2.75, 3.05) is 19.5 Å². The lowest BCUT2D eigenvalue weighted by atomic mass is 10.2. The van der Waals surface area contributed by atoms with Crippen LogP contribution in [0.25, 0.3) is 0 Å². The predicted octanol–water partition coefficient (Wildman–Crippen LogP) is 2.66. The standard InChI is InChI=1S/C17H19ClN2O5S/c1-11(20-26(22,23)14-7-4-12(18)5-8-14)17(21)19-13-6-9-15(24-2)16(10-13)25-3/h4-11,20H,1-3H3,(H,19,21)/t11-/m1/s1. The first-order chi connectivity index (χ1) is 12.3. The van der Waals surface area contributed by atoms with Crippen LogP contribution in [0.1, 0.15) is 6.92 Å². The zero-order valence-electron chi connectivity index (χ0n) is 14.4. The maximum atomic E-state index is 12.3. The lowest BCUT2D eigenvalue weighted by Crippen LogP contribution is -2.41. The van der Waals surface area contributed by atoms with Gasteiger partial charge in [-0.2, -0.15) is 4.72 Å². The average molecular weight is 399 g/mol. The van der Waals surface area contributed by atoms with Crippen molar-refractivity contribution in [1.29, 1.82) is 0 Å². The zero-order chi connectivity index (χ0) is 19.3. The molecular weight excluding hydrogens is 380 g/mol. The third-order valence-electron chi connectivity index (χ3n) is 3.50. The summed E-state index contributed by atoms with van der Waals surface area (Å²) in [5, 5.41) is 3.05. The number of nitrogens with one attached hydrogen (secondary N) is 2. The van der Waals surface area contributed by atoms with Crippen LogP contribution < -0.4 is 19.5 Å². The van der Waals surface area contributed by atoms with Crippen molar-refractivity contribution in [2.24, 2.45) is 0 Å². The normalized spacial score (nSPS) is 12.3. The molecule has 0 aliphatic heterocycles. The van der Waals surface area contributed by atoms with E-state index in [0.717, 1.165) is 0 Å². The second-order valence-corrected chi connectivity index (χ2v) is 7.51. The van der Waals surface area contributed by atoms with Gasteiger partial charge in [-0.15, -0.1) is 0 Å². The van der Waals surface area contributed by atoms with Gasteiger partial charge in [0.1, 0.15) is 0 Å². The van der Waals surface area contributed by atoms with E-state index in [1.165, 1.54) is 45.4 Å². The van der Waals surface area contributed by atoms with Crippen LogP contribution in [0.15, 0.2) is 47.4 Å². The summed E-state index contributed by atoms with van der Waals surface area (Å²) >= 11 is 5.76. The van der Waals surface area contributed by atoms with Gasteiger partial charge in [0, 0.05) is 16.8 Å². The summed E-state index contributed by atoms with van der Waals surface area (Å²) in [6, 6.07) is 9.50. The summed E-state index contributed by atoms with van der Waals surface area (Å²) < 4.78 is 37.3. The number of sulfonamides is 1. The smallest absolute Gasteiger partial charge is 0.242 e. The summed E-state index contributed by atoms with van der Waals surface area (Å²) in [4.78, 5) is 12.3. The molecule has 26 heavy (non-hydrogen) atoms. The van der Waals surface area contributed by atoms with Gasteiger partial charge in [0.15, 0.2) is 11.5 Å². The van der Waals surface area contributed by atoms with Gasteiger partial charge < -0.3 is 14.8 Å². The third-order valence-corrected chi connectivity index (χ3v) is 5.31. The Hall–Kier alpha value is -2.29. The number of rotatable bonds is 7. The van der Waals surface area contributed by atoms with Gasteiger partial charge in [0.2, 0.25) is 15.9 Å². The highest BCUT2D eigenvalue weighted by molar-refractivity contribution is 7.89. The van der Waals surface area contributed by atoms with Gasteiger partial charge in [0.05, 0.1) is 25.2 Å². The Morgan fingerprint density at radius 2 is 1.65 bits per heavy atom. The Kier molecular flexibility index (Phi) is 6.47. The highest BCUT2D eigenvalue weighted by Gasteiger charge is 2.22. The number of amides is 1. The van der Waals surface area contributed by atoms with Crippen LogP contribution in [0.2, 0.25) is 5.02 Å². The highest BCUT2D eigenvalue weighted by Crippen LogP contribution is 2.29. The molecule has 2 aromatic rings. The van der Waals surface area contributed by atoms with Crippen molar-refractivity contribution in [3.63, 3.8) is 0 Å². The van der Waals surface area contributed by atoms with Crippen molar-refractivity contribution in [1.82, 2.24) is 4.72 Å². The van der Waals surface area contributed by atoms with Crippen LogP contribution in [-0.2, 0) is 14.8 Å². The quantitative estimate of drug-likeness (QED) is 0.747. The third kappa shape index (κ3) is 4.87. The molecule has 0 radical (unpaired) electrons. The van der Waals surface area contributed by atoms with Crippen LogP contribution >= 0.6 is 11.6 Å². The molecule has 0 unspecified atom stereocenters. The van der Waals surface area contributed by atoms with E-state index >= 15 is 0 Å². The molecule has 2 N–H and O–H groups in total. The van der Waals surface area contributed by atoms with E-state index in [9.17, 15) is 13.2 Å². The van der Waals surface area contributed by atoms with E-state index in [1.54, 1.807) is 18.2 Å². The molecule has 1 amide bonds. The molecule has 1 atom stereocenters. The monoisotopic (exact) mass is 398 g/mol. The number of hydrogen-bond donors (Lipinski definition) is 2. The molecule has 0 saturated carbocycles. The van der Waals surface area contributed by atoms with Gasteiger partial charge in [-0.3, -0.25) is 4.79 Å². The number of hydrogen-bond acceptors (Lipinski definition) is 5. The van der Waals surface area contributed by atoms with Gasteiger partial charge in [0.25, 0.3) is 0 Å². The maximum absolute atomic E-state index is 12.3. The van der Waals surface area contributed by atoms with Crippen LogP contribution in [0.3, 0.4) is 0 Å². The van der Waals surface area contributed by atoms with Gasteiger partial charge >= 0.3 is 0 Å². The first-order valence-corrected chi connectivity index (χ1v) is 9.43. The van der Waals surface area contributed by atoms with E-state index in [0.29, 0.717) is 22.2 Å². The van der Waals surface area contributed by atoms with Crippen LogP contribution in [0.4, 0.5) is 5.69 Å². The summed E-state index contributed by atoms with van der Waals surface area (Å²) in [7, 11) is -0.869. The Morgan fingerprint density at radius 1 is 1.04 bits per heavy atom. The molecule has 2 aromatic carbocycles. The summed E-state index contributed by atoms with van der Waals surface area (Å²) in [6.45, 7) is 1.45. The van der Waals surface area contributed by atoms with E-state index in [-0.39, 0.29) is 4.90 Å². The number of methoxy groups -OCH3 is 2. The van der Waals surface area contributed by atoms with Crippen LogP contribution in [-0.4, -0.2) is 34.6 Å². The number of carbonyl (C=O) groups excluding carboxylic acids is 1. The van der Waals surface area contributed by atoms with Crippen molar-refractivity contribution in [3.05, 3.63) is 47.5 Å². The molecule has 0 bridgehead atoms. The molecule has 0 spiro atoms. The zero-order valence-corrected chi connectivity index (χ0v) is 16.0. The SMILES string of the molecule is COc1ccc(NC(=O)[C@@H](C)NS(=O)(=O)c2ccc(Cl)cc2)cc1OC. The Bertz CT molecular complexity index is 885. The first kappa shape index (κ1) is 20.0. The summed E-state index contributed by atoms with van der Waals surface area (Å²) in [5.41, 5.74) is 0.449. The molecular formula is C17H19ClN2O5S. The van der Waals surface area contributed by atoms with E-state index in [4.69, 9.17) is 21.1 Å². The number of ether oxygens (including phenoxy) is 2. The lowest BCUT2D eigenvalue weighted by Gasteiger charge is -2.15. The Morgan fingerprint density at radius 3 is 2.23 bits per heavy atom. The van der Waals surface area contributed by atoms with E-state index in [1.807, 2.05) is 0 Å². The van der Waals surface area contributed by atoms with Crippen molar-refractivity contribution >= 4 is 33.2 Å². The number of anilines is 1. The average Bonchev–Trinajstić information content (AvgIpc) is 2.61. The topological polar surface area (TPSA) is 93.7 Å². The largest absolute Gasteiger partial charge is 0.493 e. The summed E-state index contributed by atoms with van der Waals surface area (Å²) in [5.74, 6) is 0.441. The van der Waals surface area contributed by atoms with Crippen molar-refractivity contribution in [2.45, 2.75) is 17.9 Å². The maximum Gasteiger partial charge on any atom is 0.242 e. The molecule has 140 valence electrons. The molecule has 9 heteroatoms. The second-order valence-electron chi connectivity index (χ2n) is 5.36. The fourth-order valence-electron chi connectivity index (χ4n) is 2.13. The van der Waals surface area contributed by atoms with Crippen molar-refractivity contribution in [3.8, 4) is 11.5 Å². The fourth-order valence-corrected chi connectivity index (χ4v) is 3.46. The predicted molar refractivity (Wildman–Crippen MR) is 99.4 cm³/mol. The summed E-state index contributed by atoms with van der Waals surface area (Å²) in [6.07, 6.45) is 0. The molecule has 0 saturated heterocycles. The number of benzene rings is 2. The van der Waals surface area contributed by atoms with Crippen LogP contribution in [0, 0.1) is 0 Å². The van der Waals surface area contributed by atoms with Gasteiger partial charge in [-0.25, -0.2) is 8.42 Å². The molecule has 0 aliphatic carbocycles. The molecule has 0 fully saturated rings. The Labute approximate surface area is 157 Å². The Balaban J connectivity index is 2.09. The molecule has 0 aliphatic rings. The van der Waals surface area contributed by atoms with Crippen LogP contribution in [0.5, 0.6) is 11.5 Å². The van der Waals surface area contributed by atoms with E-state index < -0.39 is 22.0 Å². The molecule has 0 aromatic heterocycles. The van der Waals surface area contributed by atoms with E-state index in [2.05, 4.69) is 10.0 Å². The van der Waals surface area contributed by atoms with Gasteiger partial charge in [-0.1, -0.05) is 11.6 Å². The fraction of sp³-hybridized carbons (Fsp3) is 0.235. The molecule has 0 heterocycles. The molecule has 7 nitrogen and oxygen atoms in total. The minimum absolute atomic E-state index is 0.0210. The number of halogens is 1.